The van der Waals surface area contributed by atoms with E-state index in [1.54, 1.807) is 6.33 Å². The second kappa shape index (κ2) is 7.01. The molecule has 1 fully saturated rings. The standard InChI is InChI=1S/C14H27N5/c1-4-8-19-14(16-11-17-19)10-18-9-6-5-7-13(18)12(2)15-3/h11-13,15H,4-10H2,1-3H3. The van der Waals surface area contributed by atoms with Crippen LogP contribution in [-0.4, -0.2) is 45.3 Å². The van der Waals surface area contributed by atoms with Crippen LogP contribution >= 0.6 is 0 Å². The van der Waals surface area contributed by atoms with Crippen molar-refractivity contribution in [1.82, 2.24) is 25.0 Å². The van der Waals surface area contributed by atoms with Gasteiger partial charge >= 0.3 is 0 Å². The van der Waals surface area contributed by atoms with E-state index < -0.39 is 0 Å². The average Bonchev–Trinajstić information content (AvgIpc) is 2.86. The lowest BCUT2D eigenvalue weighted by Crippen LogP contribution is -2.50. The van der Waals surface area contributed by atoms with E-state index in [2.05, 4.69) is 45.9 Å². The first kappa shape index (κ1) is 14.5. The van der Waals surface area contributed by atoms with E-state index in [0.717, 1.165) is 25.3 Å². The minimum atomic E-state index is 0.530. The van der Waals surface area contributed by atoms with Gasteiger partial charge in [0.05, 0.1) is 6.54 Å². The molecule has 1 aliphatic rings. The number of nitrogens with one attached hydrogen (secondary N) is 1. The van der Waals surface area contributed by atoms with E-state index in [4.69, 9.17) is 0 Å². The maximum Gasteiger partial charge on any atom is 0.141 e. The SMILES string of the molecule is CCCn1ncnc1CN1CCCCC1C(C)NC. The fraction of sp³-hybridized carbons (Fsp3) is 0.857. The van der Waals surface area contributed by atoms with Gasteiger partial charge in [0.25, 0.3) is 0 Å². The Morgan fingerprint density at radius 2 is 2.32 bits per heavy atom. The van der Waals surface area contributed by atoms with Crippen LogP contribution in [0.3, 0.4) is 0 Å². The molecule has 108 valence electrons. The minimum Gasteiger partial charge on any atom is -0.316 e. The van der Waals surface area contributed by atoms with Gasteiger partial charge in [0.1, 0.15) is 12.2 Å². The van der Waals surface area contributed by atoms with Crippen LogP contribution < -0.4 is 5.32 Å². The van der Waals surface area contributed by atoms with E-state index >= 15 is 0 Å². The Morgan fingerprint density at radius 3 is 3.05 bits per heavy atom. The molecule has 2 unspecified atom stereocenters. The highest BCUT2D eigenvalue weighted by Crippen LogP contribution is 2.21. The molecule has 19 heavy (non-hydrogen) atoms. The maximum absolute atomic E-state index is 4.44. The number of nitrogens with zero attached hydrogens (tertiary/aromatic N) is 4. The summed E-state index contributed by atoms with van der Waals surface area (Å²) < 4.78 is 2.05. The van der Waals surface area contributed by atoms with Crippen LogP contribution in [0.4, 0.5) is 0 Å². The molecule has 1 aromatic heterocycles. The zero-order chi connectivity index (χ0) is 13.7. The van der Waals surface area contributed by atoms with Crippen LogP contribution in [-0.2, 0) is 13.1 Å². The summed E-state index contributed by atoms with van der Waals surface area (Å²) in [7, 11) is 2.05. The molecular weight excluding hydrogens is 238 g/mol. The zero-order valence-corrected chi connectivity index (χ0v) is 12.5. The molecule has 0 amide bonds. The van der Waals surface area contributed by atoms with Crippen molar-refractivity contribution < 1.29 is 0 Å². The Kier molecular flexibility index (Phi) is 5.34. The second-order valence-corrected chi connectivity index (χ2v) is 5.51. The van der Waals surface area contributed by atoms with Gasteiger partial charge in [-0.2, -0.15) is 5.10 Å². The molecule has 0 saturated carbocycles. The van der Waals surface area contributed by atoms with E-state index in [1.807, 2.05) is 0 Å². The minimum absolute atomic E-state index is 0.530. The van der Waals surface area contributed by atoms with Crippen LogP contribution in [0.15, 0.2) is 6.33 Å². The normalized spacial score (nSPS) is 22.6. The first-order valence-electron chi connectivity index (χ1n) is 7.54. The number of piperidine rings is 1. The lowest BCUT2D eigenvalue weighted by atomic mass is 9.96. The largest absolute Gasteiger partial charge is 0.316 e. The molecule has 1 N–H and O–H groups in total. The molecule has 2 atom stereocenters. The van der Waals surface area contributed by atoms with Crippen molar-refractivity contribution in [3.63, 3.8) is 0 Å². The number of aryl methyl sites for hydroxylation is 1. The van der Waals surface area contributed by atoms with Gasteiger partial charge in [-0.1, -0.05) is 13.3 Å². The van der Waals surface area contributed by atoms with Crippen molar-refractivity contribution in [2.75, 3.05) is 13.6 Å². The van der Waals surface area contributed by atoms with Crippen LogP contribution in [0.1, 0.15) is 45.4 Å². The molecule has 5 heteroatoms. The Bertz CT molecular complexity index is 376. The van der Waals surface area contributed by atoms with Crippen molar-refractivity contribution in [3.8, 4) is 0 Å². The predicted molar refractivity (Wildman–Crippen MR) is 76.9 cm³/mol. The Balaban J connectivity index is 2.04. The Hall–Kier alpha value is -0.940. The Morgan fingerprint density at radius 1 is 1.47 bits per heavy atom. The molecule has 0 bridgehead atoms. The molecule has 1 aromatic rings. The lowest BCUT2D eigenvalue weighted by Gasteiger charge is -2.38. The quantitative estimate of drug-likeness (QED) is 0.849. The summed E-state index contributed by atoms with van der Waals surface area (Å²) in [6, 6.07) is 1.15. The third-order valence-electron chi connectivity index (χ3n) is 4.17. The molecule has 1 aliphatic heterocycles. The van der Waals surface area contributed by atoms with Crippen molar-refractivity contribution >= 4 is 0 Å². The summed E-state index contributed by atoms with van der Waals surface area (Å²) in [6.45, 7) is 7.53. The number of aromatic nitrogens is 3. The summed E-state index contributed by atoms with van der Waals surface area (Å²) in [6.07, 6.45) is 6.71. The van der Waals surface area contributed by atoms with Gasteiger partial charge in [-0.3, -0.25) is 4.90 Å². The number of hydrogen-bond acceptors (Lipinski definition) is 4. The van der Waals surface area contributed by atoms with E-state index in [-0.39, 0.29) is 0 Å². The second-order valence-electron chi connectivity index (χ2n) is 5.51. The molecule has 0 radical (unpaired) electrons. The number of hydrogen-bond donors (Lipinski definition) is 1. The molecule has 0 aromatic carbocycles. The third kappa shape index (κ3) is 3.54. The van der Waals surface area contributed by atoms with Crippen LogP contribution in [0.25, 0.3) is 0 Å². The van der Waals surface area contributed by atoms with Crippen molar-refractivity contribution in [1.29, 1.82) is 0 Å². The van der Waals surface area contributed by atoms with Crippen molar-refractivity contribution in [2.24, 2.45) is 0 Å². The van der Waals surface area contributed by atoms with Gasteiger partial charge in [-0.25, -0.2) is 9.67 Å². The van der Waals surface area contributed by atoms with E-state index in [0.29, 0.717) is 12.1 Å². The Labute approximate surface area is 116 Å². The summed E-state index contributed by atoms with van der Waals surface area (Å²) in [4.78, 5) is 7.01. The van der Waals surface area contributed by atoms with Gasteiger partial charge in [0.2, 0.25) is 0 Å². The first-order chi connectivity index (χ1) is 9.26. The average molecular weight is 265 g/mol. The van der Waals surface area contributed by atoms with Gasteiger partial charge in [0.15, 0.2) is 0 Å². The maximum atomic E-state index is 4.44. The van der Waals surface area contributed by atoms with Crippen LogP contribution in [0, 0.1) is 0 Å². The first-order valence-corrected chi connectivity index (χ1v) is 7.54. The number of likely N-dealkylation sites (N-methyl/N-ethyl adjacent to an activating group) is 1. The van der Waals surface area contributed by atoms with Crippen LogP contribution in [0.5, 0.6) is 0 Å². The molecular formula is C14H27N5. The van der Waals surface area contributed by atoms with E-state index in [9.17, 15) is 0 Å². The number of likely N-dealkylation sites (tertiary alicyclic amines) is 1. The van der Waals surface area contributed by atoms with Gasteiger partial charge < -0.3 is 5.32 Å². The van der Waals surface area contributed by atoms with Gasteiger partial charge in [-0.15, -0.1) is 0 Å². The van der Waals surface area contributed by atoms with Gasteiger partial charge in [0, 0.05) is 18.6 Å². The summed E-state index contributed by atoms with van der Waals surface area (Å²) in [5.41, 5.74) is 0. The third-order valence-corrected chi connectivity index (χ3v) is 4.17. The molecule has 2 rings (SSSR count). The fourth-order valence-corrected chi connectivity index (χ4v) is 2.96. The summed E-state index contributed by atoms with van der Waals surface area (Å²) >= 11 is 0. The highest BCUT2D eigenvalue weighted by atomic mass is 15.4. The summed E-state index contributed by atoms with van der Waals surface area (Å²) in [5.74, 6) is 1.11. The lowest BCUT2D eigenvalue weighted by molar-refractivity contribution is 0.109. The monoisotopic (exact) mass is 265 g/mol. The molecule has 5 nitrogen and oxygen atoms in total. The smallest absolute Gasteiger partial charge is 0.141 e. The van der Waals surface area contributed by atoms with Crippen molar-refractivity contribution in [3.05, 3.63) is 12.2 Å². The topological polar surface area (TPSA) is 46.0 Å². The number of rotatable bonds is 6. The van der Waals surface area contributed by atoms with Gasteiger partial charge in [-0.05, 0) is 39.8 Å². The summed E-state index contributed by atoms with van der Waals surface area (Å²) in [5, 5.41) is 7.72. The molecule has 2 heterocycles. The highest BCUT2D eigenvalue weighted by molar-refractivity contribution is 4.91. The van der Waals surface area contributed by atoms with Crippen LogP contribution in [0.2, 0.25) is 0 Å². The molecule has 1 saturated heterocycles. The van der Waals surface area contributed by atoms with E-state index in [1.165, 1.54) is 25.8 Å². The molecule has 0 aliphatic carbocycles. The fourth-order valence-electron chi connectivity index (χ4n) is 2.96. The highest BCUT2D eigenvalue weighted by Gasteiger charge is 2.27. The predicted octanol–water partition coefficient (Wildman–Crippen LogP) is 1.65. The molecule has 0 spiro atoms. The zero-order valence-electron chi connectivity index (χ0n) is 12.5. The van der Waals surface area contributed by atoms with Crippen molar-refractivity contribution in [2.45, 2.75) is 64.7 Å².